The fourth-order valence-corrected chi connectivity index (χ4v) is 4.39. The Morgan fingerprint density at radius 3 is 2.42 bits per heavy atom. The van der Waals surface area contributed by atoms with E-state index in [0.29, 0.717) is 32.0 Å². The van der Waals surface area contributed by atoms with Gasteiger partial charge < -0.3 is 5.73 Å². The molecule has 4 nitrogen and oxygen atoms in total. The highest BCUT2D eigenvalue weighted by Crippen LogP contribution is 2.34. The van der Waals surface area contributed by atoms with Gasteiger partial charge in [0, 0.05) is 13.1 Å². The van der Waals surface area contributed by atoms with Gasteiger partial charge >= 0.3 is 0 Å². The minimum Gasteiger partial charge on any atom is -0.330 e. The molecule has 0 amide bonds. The maximum atomic E-state index is 12.3. The Morgan fingerprint density at radius 1 is 1.16 bits per heavy atom. The van der Waals surface area contributed by atoms with Gasteiger partial charge in [0.25, 0.3) is 0 Å². The zero-order valence-corrected chi connectivity index (χ0v) is 13.5. The maximum Gasteiger partial charge on any atom is 0.214 e. The molecule has 1 heterocycles. The molecule has 0 aromatic heterocycles. The normalized spacial score (nSPS) is 23.3. The van der Waals surface area contributed by atoms with Crippen LogP contribution >= 0.6 is 0 Å². The van der Waals surface area contributed by atoms with Crippen LogP contribution in [0.4, 0.5) is 0 Å². The van der Waals surface area contributed by atoms with Crippen molar-refractivity contribution in [1.82, 2.24) is 4.31 Å². The summed E-state index contributed by atoms with van der Waals surface area (Å²) in [5, 5.41) is 0. The van der Waals surface area contributed by atoms with Crippen molar-refractivity contribution < 1.29 is 8.42 Å². The van der Waals surface area contributed by atoms with Gasteiger partial charge in [-0.3, -0.25) is 0 Å². The van der Waals surface area contributed by atoms with E-state index in [1.807, 2.05) is 0 Å². The van der Waals surface area contributed by atoms with Gasteiger partial charge in [0.1, 0.15) is 0 Å². The van der Waals surface area contributed by atoms with Gasteiger partial charge in [-0.15, -0.1) is 0 Å². The molecule has 1 saturated heterocycles. The van der Waals surface area contributed by atoms with Crippen molar-refractivity contribution in [3.63, 3.8) is 0 Å². The van der Waals surface area contributed by atoms with E-state index >= 15 is 0 Å². The fourth-order valence-electron chi connectivity index (χ4n) is 2.77. The summed E-state index contributed by atoms with van der Waals surface area (Å²) in [6, 6.07) is 0. The molecule has 0 aromatic carbocycles. The first kappa shape index (κ1) is 16.9. The van der Waals surface area contributed by atoms with Crippen LogP contribution in [0.5, 0.6) is 0 Å². The molecule has 1 atom stereocenters. The molecule has 19 heavy (non-hydrogen) atoms. The molecule has 0 spiro atoms. The zero-order valence-electron chi connectivity index (χ0n) is 12.7. The van der Waals surface area contributed by atoms with Crippen LogP contribution in [0.2, 0.25) is 0 Å². The standard InChI is InChI=1S/C14H30N2O2S/c1-14(2,3)13-7-6-10-16(11-8-13)19(17,18)12-5-4-9-15/h13H,4-12,15H2,1-3H3. The van der Waals surface area contributed by atoms with E-state index in [9.17, 15) is 8.42 Å². The molecule has 5 heteroatoms. The number of nitrogens with zero attached hydrogens (tertiary/aromatic N) is 1. The Balaban J connectivity index is 2.57. The monoisotopic (exact) mass is 290 g/mol. The van der Waals surface area contributed by atoms with Crippen molar-refractivity contribution in [2.24, 2.45) is 17.1 Å². The first-order valence-corrected chi connectivity index (χ1v) is 9.06. The third-order valence-corrected chi connectivity index (χ3v) is 6.12. The lowest BCUT2D eigenvalue weighted by atomic mass is 9.77. The van der Waals surface area contributed by atoms with Crippen molar-refractivity contribution in [1.29, 1.82) is 0 Å². The van der Waals surface area contributed by atoms with Crippen molar-refractivity contribution in [3.8, 4) is 0 Å². The highest BCUT2D eigenvalue weighted by molar-refractivity contribution is 7.89. The summed E-state index contributed by atoms with van der Waals surface area (Å²) < 4.78 is 26.2. The predicted molar refractivity (Wildman–Crippen MR) is 80.4 cm³/mol. The summed E-state index contributed by atoms with van der Waals surface area (Å²) >= 11 is 0. The van der Waals surface area contributed by atoms with Crippen LogP contribution in [0.25, 0.3) is 0 Å². The summed E-state index contributed by atoms with van der Waals surface area (Å²) in [6.07, 6.45) is 4.58. The zero-order chi connectivity index (χ0) is 14.5. The second-order valence-electron chi connectivity index (χ2n) is 6.70. The maximum absolute atomic E-state index is 12.3. The van der Waals surface area contributed by atoms with Crippen LogP contribution < -0.4 is 5.73 Å². The Hall–Kier alpha value is -0.130. The molecular formula is C14H30N2O2S. The van der Waals surface area contributed by atoms with Gasteiger partial charge in [0.15, 0.2) is 0 Å². The molecule has 1 fully saturated rings. The number of hydrogen-bond acceptors (Lipinski definition) is 3. The van der Waals surface area contributed by atoms with Crippen LogP contribution in [0, 0.1) is 11.3 Å². The summed E-state index contributed by atoms with van der Waals surface area (Å²) in [5.74, 6) is 0.876. The Morgan fingerprint density at radius 2 is 1.84 bits per heavy atom. The van der Waals surface area contributed by atoms with Crippen molar-refractivity contribution in [2.75, 3.05) is 25.4 Å². The van der Waals surface area contributed by atoms with Crippen LogP contribution in [-0.2, 0) is 10.0 Å². The first-order chi connectivity index (χ1) is 8.77. The van der Waals surface area contributed by atoms with E-state index in [1.54, 1.807) is 4.31 Å². The van der Waals surface area contributed by atoms with E-state index < -0.39 is 10.0 Å². The fraction of sp³-hybridized carbons (Fsp3) is 1.00. The van der Waals surface area contributed by atoms with E-state index in [4.69, 9.17) is 5.73 Å². The molecule has 1 aliphatic heterocycles. The molecule has 1 rings (SSSR count). The topological polar surface area (TPSA) is 63.4 Å². The second kappa shape index (κ2) is 7.04. The molecule has 2 N–H and O–H groups in total. The number of rotatable bonds is 5. The summed E-state index contributed by atoms with van der Waals surface area (Å²) in [5.41, 5.74) is 5.70. The van der Waals surface area contributed by atoms with Gasteiger partial charge in [-0.2, -0.15) is 0 Å². The average Bonchev–Trinajstić information content (AvgIpc) is 2.54. The average molecular weight is 290 g/mol. The highest BCUT2D eigenvalue weighted by Gasteiger charge is 2.30. The number of nitrogens with two attached hydrogens (primary N) is 1. The predicted octanol–water partition coefficient (Wildman–Crippen LogP) is 2.20. The Labute approximate surface area is 118 Å². The van der Waals surface area contributed by atoms with Crippen molar-refractivity contribution in [2.45, 2.75) is 52.9 Å². The SMILES string of the molecule is CC(C)(C)C1CCCN(S(=O)(=O)CCCCN)CC1. The second-order valence-corrected chi connectivity index (χ2v) is 8.79. The lowest BCUT2D eigenvalue weighted by Crippen LogP contribution is -2.34. The van der Waals surface area contributed by atoms with Crippen LogP contribution in [0.15, 0.2) is 0 Å². The van der Waals surface area contributed by atoms with E-state index in [0.717, 1.165) is 25.7 Å². The minimum absolute atomic E-state index is 0.254. The summed E-state index contributed by atoms with van der Waals surface area (Å²) in [6.45, 7) is 8.71. The molecule has 0 bridgehead atoms. The summed E-state index contributed by atoms with van der Waals surface area (Å²) in [7, 11) is -3.07. The quantitative estimate of drug-likeness (QED) is 0.790. The van der Waals surface area contributed by atoms with Crippen LogP contribution in [-0.4, -0.2) is 38.1 Å². The summed E-state index contributed by atoms with van der Waals surface area (Å²) in [4.78, 5) is 0. The number of hydrogen-bond donors (Lipinski definition) is 1. The van der Waals surface area contributed by atoms with E-state index in [1.165, 1.54) is 0 Å². The van der Waals surface area contributed by atoms with Crippen LogP contribution in [0.3, 0.4) is 0 Å². The number of sulfonamides is 1. The third-order valence-electron chi connectivity index (χ3n) is 4.16. The van der Waals surface area contributed by atoms with Gasteiger partial charge in [0.2, 0.25) is 10.0 Å². The van der Waals surface area contributed by atoms with E-state index in [2.05, 4.69) is 20.8 Å². The van der Waals surface area contributed by atoms with Gasteiger partial charge in [-0.25, -0.2) is 12.7 Å². The largest absolute Gasteiger partial charge is 0.330 e. The minimum atomic E-state index is -3.07. The molecule has 0 radical (unpaired) electrons. The number of unbranched alkanes of at least 4 members (excludes halogenated alkanes) is 1. The van der Waals surface area contributed by atoms with Gasteiger partial charge in [-0.05, 0) is 50.0 Å². The molecule has 1 aliphatic rings. The molecule has 0 aliphatic carbocycles. The lowest BCUT2D eigenvalue weighted by Gasteiger charge is -2.29. The molecule has 0 aromatic rings. The first-order valence-electron chi connectivity index (χ1n) is 7.45. The molecular weight excluding hydrogens is 260 g/mol. The third kappa shape index (κ3) is 5.40. The van der Waals surface area contributed by atoms with Gasteiger partial charge in [-0.1, -0.05) is 20.8 Å². The molecule has 0 saturated carbocycles. The lowest BCUT2D eigenvalue weighted by molar-refractivity contribution is 0.217. The van der Waals surface area contributed by atoms with Crippen molar-refractivity contribution >= 4 is 10.0 Å². The molecule has 114 valence electrons. The Bertz CT molecular complexity index is 360. The highest BCUT2D eigenvalue weighted by atomic mass is 32.2. The van der Waals surface area contributed by atoms with E-state index in [-0.39, 0.29) is 11.2 Å². The van der Waals surface area contributed by atoms with Crippen molar-refractivity contribution in [3.05, 3.63) is 0 Å². The molecule has 1 unspecified atom stereocenters. The Kier molecular flexibility index (Phi) is 6.27. The smallest absolute Gasteiger partial charge is 0.214 e. The van der Waals surface area contributed by atoms with Crippen LogP contribution in [0.1, 0.15) is 52.9 Å². The van der Waals surface area contributed by atoms with Gasteiger partial charge in [0.05, 0.1) is 5.75 Å².